The van der Waals surface area contributed by atoms with E-state index in [1.165, 1.54) is 77.0 Å². The molecule has 0 saturated heterocycles. The molecule has 0 saturated carbocycles. The molecule has 0 aliphatic rings. The smallest absolute Gasteiger partial charge is 0.219 e. The van der Waals surface area contributed by atoms with Gasteiger partial charge in [0, 0.05) is 13.0 Å². The van der Waals surface area contributed by atoms with Crippen molar-refractivity contribution in [1.82, 2.24) is 0 Å². The third kappa shape index (κ3) is 23.8. The van der Waals surface area contributed by atoms with Crippen molar-refractivity contribution in [3.8, 4) is 0 Å². The summed E-state index contributed by atoms with van der Waals surface area (Å²) >= 11 is 0. The molecule has 4 heteroatoms. The van der Waals surface area contributed by atoms with Gasteiger partial charge < -0.3 is 4.74 Å². The van der Waals surface area contributed by atoms with Crippen molar-refractivity contribution in [1.29, 1.82) is 0 Å². The second-order valence-electron chi connectivity index (χ2n) is 8.13. The van der Waals surface area contributed by atoms with Crippen LogP contribution in [-0.2, 0) is 4.74 Å². The van der Waals surface area contributed by atoms with Crippen LogP contribution in [-0.4, -0.2) is 29.0 Å². The first kappa shape index (κ1) is 25.8. The van der Waals surface area contributed by atoms with Crippen molar-refractivity contribution in [3.63, 3.8) is 0 Å². The highest BCUT2D eigenvalue weighted by molar-refractivity contribution is 6.13. The van der Waals surface area contributed by atoms with Crippen molar-refractivity contribution < 1.29 is 13.5 Å². The molecule has 1 nitrogen and oxygen atoms in total. The standard InChI is InChI=1S/C22H44F2OSi/c1-21(2)20-25-19-17-15-13-11-9-7-5-3-4-6-8-10-12-14-16-18-22(23,24)26/h1,3-20H2,2,26H3. The zero-order valence-electron chi connectivity index (χ0n) is 17.6. The Morgan fingerprint density at radius 3 is 1.42 bits per heavy atom. The molecule has 0 spiro atoms. The Balaban J connectivity index is 3.04. The fraction of sp³-hybridized carbons (Fsp3) is 0.909. The predicted octanol–water partition coefficient (Wildman–Crippen LogP) is 6.78. The van der Waals surface area contributed by atoms with E-state index >= 15 is 0 Å². The van der Waals surface area contributed by atoms with E-state index in [1.807, 2.05) is 6.92 Å². The maximum atomic E-state index is 12.7. The molecule has 156 valence electrons. The molecule has 0 aromatic heterocycles. The lowest BCUT2D eigenvalue weighted by Crippen LogP contribution is -2.14. The van der Waals surface area contributed by atoms with Gasteiger partial charge in [0.15, 0.2) is 0 Å². The van der Waals surface area contributed by atoms with Gasteiger partial charge in [0.25, 0.3) is 0 Å². The Kier molecular flexibility index (Phi) is 18.0. The summed E-state index contributed by atoms with van der Waals surface area (Å²) in [6.07, 6.45) is 18.8. The summed E-state index contributed by atoms with van der Waals surface area (Å²) in [7, 11) is 0.00746. The summed E-state index contributed by atoms with van der Waals surface area (Å²) in [4.78, 5) is 0. The van der Waals surface area contributed by atoms with Crippen LogP contribution in [0.5, 0.6) is 0 Å². The van der Waals surface area contributed by atoms with E-state index in [0.29, 0.717) is 13.0 Å². The number of hydrogen-bond acceptors (Lipinski definition) is 1. The van der Waals surface area contributed by atoms with E-state index in [1.54, 1.807) is 0 Å². The lowest BCUT2D eigenvalue weighted by atomic mass is 10.0. The predicted molar refractivity (Wildman–Crippen MR) is 114 cm³/mol. The van der Waals surface area contributed by atoms with Crippen LogP contribution in [0.4, 0.5) is 8.78 Å². The lowest BCUT2D eigenvalue weighted by molar-refractivity contribution is 0.0819. The third-order valence-corrected chi connectivity index (χ3v) is 5.25. The number of halogens is 2. The van der Waals surface area contributed by atoms with Gasteiger partial charge in [-0.3, -0.25) is 0 Å². The van der Waals surface area contributed by atoms with E-state index in [4.69, 9.17) is 4.74 Å². The van der Waals surface area contributed by atoms with Gasteiger partial charge in [-0.25, -0.2) is 8.78 Å². The minimum atomic E-state index is -2.33. The molecule has 0 N–H and O–H groups in total. The highest BCUT2D eigenvalue weighted by Crippen LogP contribution is 2.18. The maximum absolute atomic E-state index is 12.7. The van der Waals surface area contributed by atoms with Gasteiger partial charge in [0.2, 0.25) is 5.55 Å². The molecule has 0 heterocycles. The summed E-state index contributed by atoms with van der Waals surface area (Å²) in [5.74, 6) is 0. The van der Waals surface area contributed by atoms with Gasteiger partial charge in [-0.15, -0.1) is 0 Å². The molecule has 0 atom stereocenters. The third-order valence-electron chi connectivity index (χ3n) is 4.75. The highest BCUT2D eigenvalue weighted by atomic mass is 28.1. The molecule has 0 fully saturated rings. The van der Waals surface area contributed by atoms with Gasteiger partial charge in [-0.05, 0) is 19.8 Å². The fourth-order valence-corrected chi connectivity index (χ4v) is 3.54. The van der Waals surface area contributed by atoms with Crippen molar-refractivity contribution in [2.24, 2.45) is 0 Å². The average Bonchev–Trinajstić information content (AvgIpc) is 2.55. The second kappa shape index (κ2) is 18.2. The van der Waals surface area contributed by atoms with E-state index in [2.05, 4.69) is 6.58 Å². The van der Waals surface area contributed by atoms with Gasteiger partial charge in [-0.2, -0.15) is 0 Å². The Hall–Kier alpha value is -0.223. The summed E-state index contributed by atoms with van der Waals surface area (Å²) in [6.45, 7) is 7.41. The summed E-state index contributed by atoms with van der Waals surface area (Å²) in [5.41, 5.74) is -1.23. The number of alkyl halides is 2. The van der Waals surface area contributed by atoms with E-state index < -0.39 is 5.55 Å². The average molecular weight is 391 g/mol. The normalized spacial score (nSPS) is 12.0. The summed E-state index contributed by atoms with van der Waals surface area (Å²) in [5, 5.41) is 0. The molecule has 0 aromatic rings. The molecule has 26 heavy (non-hydrogen) atoms. The monoisotopic (exact) mass is 390 g/mol. The van der Waals surface area contributed by atoms with Crippen LogP contribution in [0.15, 0.2) is 12.2 Å². The second-order valence-corrected chi connectivity index (χ2v) is 9.60. The van der Waals surface area contributed by atoms with Crippen LogP contribution in [0.3, 0.4) is 0 Å². The topological polar surface area (TPSA) is 9.23 Å². The minimum absolute atomic E-state index is 0.00746. The van der Waals surface area contributed by atoms with Crippen molar-refractivity contribution >= 4 is 10.2 Å². The van der Waals surface area contributed by atoms with Crippen LogP contribution >= 0.6 is 0 Å². The van der Waals surface area contributed by atoms with Gasteiger partial charge >= 0.3 is 0 Å². The molecule has 0 amide bonds. The fourth-order valence-electron chi connectivity index (χ4n) is 3.18. The van der Waals surface area contributed by atoms with Crippen LogP contribution in [0.1, 0.15) is 110 Å². The molecule has 0 radical (unpaired) electrons. The van der Waals surface area contributed by atoms with E-state index in [9.17, 15) is 8.78 Å². The molecular weight excluding hydrogens is 346 g/mol. The number of hydrogen-bond donors (Lipinski definition) is 0. The number of unbranched alkanes of at least 4 members (excludes halogenated alkanes) is 14. The highest BCUT2D eigenvalue weighted by Gasteiger charge is 2.18. The number of rotatable bonds is 20. The summed E-state index contributed by atoms with van der Waals surface area (Å²) in [6, 6.07) is 0. The van der Waals surface area contributed by atoms with Gasteiger partial charge in [-0.1, -0.05) is 95.6 Å². The molecule has 0 bridgehead atoms. The first-order valence-corrected chi connectivity index (χ1v) is 12.0. The lowest BCUT2D eigenvalue weighted by Gasteiger charge is -2.09. The Labute approximate surface area is 164 Å². The van der Waals surface area contributed by atoms with E-state index in [0.717, 1.165) is 25.0 Å². The minimum Gasteiger partial charge on any atom is -0.377 e. The molecule has 0 rings (SSSR count). The van der Waals surface area contributed by atoms with Crippen LogP contribution in [0.2, 0.25) is 0 Å². The maximum Gasteiger partial charge on any atom is 0.219 e. The molecule has 0 aromatic carbocycles. The first-order valence-electron chi connectivity index (χ1n) is 11.0. The van der Waals surface area contributed by atoms with Gasteiger partial charge in [0.05, 0.1) is 16.8 Å². The SMILES string of the molecule is C=C(C)COCCCCCCCCCCCCCCCCCC(F)(F)[SiH3]. The quantitative estimate of drug-likeness (QED) is 0.126. The molecule has 0 aliphatic carbocycles. The van der Waals surface area contributed by atoms with Crippen LogP contribution in [0, 0.1) is 0 Å². The molecular formula is C22H44F2OSi. The zero-order chi connectivity index (χ0) is 19.5. The zero-order valence-corrected chi connectivity index (χ0v) is 19.6. The van der Waals surface area contributed by atoms with Crippen molar-refractivity contribution in [2.75, 3.05) is 13.2 Å². The van der Waals surface area contributed by atoms with Crippen molar-refractivity contribution in [3.05, 3.63) is 12.2 Å². The Bertz CT molecular complexity index is 316. The molecule has 0 unspecified atom stereocenters. The Morgan fingerprint density at radius 1 is 0.731 bits per heavy atom. The van der Waals surface area contributed by atoms with Crippen LogP contribution < -0.4 is 0 Å². The summed E-state index contributed by atoms with van der Waals surface area (Å²) < 4.78 is 30.9. The Morgan fingerprint density at radius 2 is 1.08 bits per heavy atom. The first-order chi connectivity index (χ1) is 12.4. The largest absolute Gasteiger partial charge is 0.377 e. The molecule has 0 aliphatic heterocycles. The van der Waals surface area contributed by atoms with E-state index in [-0.39, 0.29) is 16.7 Å². The number of ether oxygens (including phenoxy) is 1. The van der Waals surface area contributed by atoms with Crippen LogP contribution in [0.25, 0.3) is 0 Å². The van der Waals surface area contributed by atoms with Crippen molar-refractivity contribution in [2.45, 2.75) is 115 Å². The van der Waals surface area contributed by atoms with Gasteiger partial charge in [0.1, 0.15) is 0 Å².